The summed E-state index contributed by atoms with van der Waals surface area (Å²) in [5, 5.41) is 44.4. The van der Waals surface area contributed by atoms with E-state index in [1.165, 1.54) is 17.0 Å². The van der Waals surface area contributed by atoms with E-state index < -0.39 is 52.9 Å². The number of carbonyl (C=O) groups is 5. The van der Waals surface area contributed by atoms with Crippen LogP contribution in [-0.2, 0) is 40.4 Å². The number of carboxylic acid groups (broad SMARTS) is 4. The molecule has 0 radical (unpaired) electrons. The molecule has 0 saturated heterocycles. The van der Waals surface area contributed by atoms with Gasteiger partial charge < -0.3 is 30.6 Å². The summed E-state index contributed by atoms with van der Waals surface area (Å²) in [6.45, 7) is -0.838. The number of rotatable bonds is 19. The van der Waals surface area contributed by atoms with Gasteiger partial charge in [-0.2, -0.15) is 0 Å². The zero-order valence-electron chi connectivity index (χ0n) is 21.1. The molecule has 0 atom stereocenters. The molecule has 1 rings (SSSR count). The van der Waals surface area contributed by atoms with Crippen LogP contribution in [0.3, 0.4) is 0 Å². The largest absolute Gasteiger partial charge is 0.480 e. The Morgan fingerprint density at radius 2 is 1.21 bits per heavy atom. The molecule has 16 nitrogen and oxygen atoms in total. The van der Waals surface area contributed by atoms with E-state index in [-0.39, 0.29) is 37.6 Å². The van der Waals surface area contributed by atoms with Crippen LogP contribution < -0.4 is 10.5 Å². The van der Waals surface area contributed by atoms with Crippen molar-refractivity contribution >= 4 is 39.8 Å². The molecule has 1 amide bonds. The summed E-state index contributed by atoms with van der Waals surface area (Å²) >= 11 is 0. The first-order chi connectivity index (χ1) is 18.2. The summed E-state index contributed by atoms with van der Waals surface area (Å²) in [5.41, 5.74) is 0.861. The molecule has 0 aliphatic carbocycles. The Morgan fingerprint density at radius 1 is 0.718 bits per heavy atom. The molecule has 0 heterocycles. The maximum atomic E-state index is 11.7. The van der Waals surface area contributed by atoms with Crippen molar-refractivity contribution in [2.75, 3.05) is 65.4 Å². The molecular formula is C22H33N5O11S. The Balaban J connectivity index is 2.63. The molecule has 0 unspecified atom stereocenters. The topological polar surface area (TPSA) is 248 Å². The molecule has 0 saturated carbocycles. The SMILES string of the molecule is NS(=O)(=O)c1ccc(CCNCCN(CCN(CCN(CC(=O)O)C(=O)C(=O)O)CC(=O)O)CC(=O)O)cc1. The van der Waals surface area contributed by atoms with Crippen molar-refractivity contribution in [2.45, 2.75) is 11.3 Å². The van der Waals surface area contributed by atoms with E-state index in [0.717, 1.165) is 5.56 Å². The van der Waals surface area contributed by atoms with Gasteiger partial charge in [-0.15, -0.1) is 0 Å². The van der Waals surface area contributed by atoms with E-state index >= 15 is 0 Å². The van der Waals surface area contributed by atoms with Crippen LogP contribution in [-0.4, -0.2) is 139 Å². The maximum absolute atomic E-state index is 11.7. The van der Waals surface area contributed by atoms with Crippen molar-refractivity contribution in [3.05, 3.63) is 29.8 Å². The molecule has 0 fully saturated rings. The number of amides is 1. The molecule has 0 aromatic heterocycles. The van der Waals surface area contributed by atoms with Crippen molar-refractivity contribution < 1.29 is 52.8 Å². The molecule has 7 N–H and O–H groups in total. The smallest absolute Gasteiger partial charge is 0.394 e. The van der Waals surface area contributed by atoms with Crippen molar-refractivity contribution in [3.8, 4) is 0 Å². The number of carbonyl (C=O) groups excluding carboxylic acids is 1. The van der Waals surface area contributed by atoms with E-state index in [2.05, 4.69) is 5.32 Å². The number of nitrogens with zero attached hydrogens (tertiary/aromatic N) is 3. The summed E-state index contributed by atoms with van der Waals surface area (Å²) in [6.07, 6.45) is 0.568. The lowest BCUT2D eigenvalue weighted by atomic mass is 10.1. The summed E-state index contributed by atoms with van der Waals surface area (Å²) in [4.78, 5) is 59.7. The Hall–Kier alpha value is -3.64. The highest BCUT2D eigenvalue weighted by Crippen LogP contribution is 2.09. The lowest BCUT2D eigenvalue weighted by Crippen LogP contribution is -2.47. The van der Waals surface area contributed by atoms with Crippen molar-refractivity contribution in [1.29, 1.82) is 0 Å². The minimum absolute atomic E-state index is 0.00328. The third-order valence-corrected chi connectivity index (χ3v) is 6.31. The van der Waals surface area contributed by atoms with Gasteiger partial charge in [0.2, 0.25) is 10.0 Å². The molecule has 0 aliphatic rings. The molecule has 1 aromatic carbocycles. The number of nitrogens with two attached hydrogens (primary N) is 1. The van der Waals surface area contributed by atoms with Crippen LogP contribution in [0.1, 0.15) is 5.56 Å². The number of nitrogens with one attached hydrogen (secondary N) is 1. The van der Waals surface area contributed by atoms with Gasteiger partial charge in [-0.3, -0.25) is 29.0 Å². The van der Waals surface area contributed by atoms with Crippen molar-refractivity contribution in [2.24, 2.45) is 5.14 Å². The van der Waals surface area contributed by atoms with Gasteiger partial charge in [-0.25, -0.2) is 18.4 Å². The molecule has 218 valence electrons. The Kier molecular flexibility index (Phi) is 14.0. The summed E-state index contributed by atoms with van der Waals surface area (Å²) in [7, 11) is -3.78. The molecule has 0 spiro atoms. The normalized spacial score (nSPS) is 11.5. The number of hydrogen-bond acceptors (Lipinski definition) is 10. The van der Waals surface area contributed by atoms with Gasteiger partial charge in [0.15, 0.2) is 0 Å². The van der Waals surface area contributed by atoms with Gasteiger partial charge in [0.25, 0.3) is 0 Å². The first-order valence-corrected chi connectivity index (χ1v) is 13.2. The fourth-order valence-corrected chi connectivity index (χ4v) is 3.97. The molecular weight excluding hydrogens is 542 g/mol. The van der Waals surface area contributed by atoms with E-state index in [0.29, 0.717) is 31.0 Å². The van der Waals surface area contributed by atoms with E-state index in [1.807, 2.05) is 0 Å². The number of sulfonamides is 1. The van der Waals surface area contributed by atoms with Crippen LogP contribution in [0.2, 0.25) is 0 Å². The average molecular weight is 576 g/mol. The molecule has 17 heteroatoms. The minimum atomic E-state index is -3.78. The molecule has 0 aliphatic heterocycles. The van der Waals surface area contributed by atoms with E-state index in [4.69, 9.17) is 15.4 Å². The number of hydrogen-bond donors (Lipinski definition) is 6. The second kappa shape index (κ2) is 16.4. The summed E-state index contributed by atoms with van der Waals surface area (Å²) in [6, 6.07) is 6.08. The minimum Gasteiger partial charge on any atom is -0.480 e. The van der Waals surface area contributed by atoms with Crippen LogP contribution >= 0.6 is 0 Å². The lowest BCUT2D eigenvalue weighted by molar-refractivity contribution is -0.158. The number of primary sulfonamides is 1. The Morgan fingerprint density at radius 3 is 1.67 bits per heavy atom. The average Bonchev–Trinajstić information content (AvgIpc) is 2.82. The molecule has 1 aromatic rings. The van der Waals surface area contributed by atoms with Crippen molar-refractivity contribution in [1.82, 2.24) is 20.0 Å². The highest BCUT2D eigenvalue weighted by molar-refractivity contribution is 7.89. The predicted octanol–water partition coefficient (Wildman–Crippen LogP) is -2.76. The third kappa shape index (κ3) is 14.2. The third-order valence-electron chi connectivity index (χ3n) is 5.38. The van der Waals surface area contributed by atoms with Crippen LogP contribution in [0.5, 0.6) is 0 Å². The van der Waals surface area contributed by atoms with Gasteiger partial charge in [0, 0.05) is 39.3 Å². The molecule has 39 heavy (non-hydrogen) atoms. The van der Waals surface area contributed by atoms with Gasteiger partial charge in [-0.05, 0) is 30.7 Å². The monoisotopic (exact) mass is 575 g/mol. The van der Waals surface area contributed by atoms with Crippen LogP contribution in [0.4, 0.5) is 0 Å². The highest BCUT2D eigenvalue weighted by Gasteiger charge is 2.24. The second-order valence-corrected chi connectivity index (χ2v) is 10.0. The van der Waals surface area contributed by atoms with Gasteiger partial charge in [0.05, 0.1) is 18.0 Å². The fraction of sp³-hybridized carbons (Fsp3) is 0.500. The first kappa shape index (κ1) is 33.4. The Bertz CT molecular complexity index is 1110. The number of aliphatic carboxylic acids is 4. The maximum Gasteiger partial charge on any atom is 0.394 e. The van der Waals surface area contributed by atoms with E-state index in [9.17, 15) is 42.6 Å². The second-order valence-electron chi connectivity index (χ2n) is 8.45. The van der Waals surface area contributed by atoms with Gasteiger partial charge in [-0.1, -0.05) is 12.1 Å². The molecule has 0 bridgehead atoms. The van der Waals surface area contributed by atoms with Crippen LogP contribution in [0.25, 0.3) is 0 Å². The zero-order valence-corrected chi connectivity index (χ0v) is 21.9. The van der Waals surface area contributed by atoms with Gasteiger partial charge in [0.1, 0.15) is 6.54 Å². The van der Waals surface area contributed by atoms with Crippen LogP contribution in [0.15, 0.2) is 29.2 Å². The van der Waals surface area contributed by atoms with E-state index in [1.54, 1.807) is 17.0 Å². The number of benzene rings is 1. The Labute approximate surface area is 224 Å². The standard InChI is InChI=1S/C22H33N5O11S/c23-39(37,38)17-3-1-16(2-4-17)5-6-24-7-8-25(13-18(28)29)9-10-26(14-19(30)31)11-12-27(15-20(32)33)21(34)22(35)36/h1-4,24H,5-15H2,(H,28,29)(H,30,31)(H,32,33)(H,35,36)(H2,23,37,38). The highest BCUT2D eigenvalue weighted by atomic mass is 32.2. The summed E-state index contributed by atoms with van der Waals surface area (Å²) < 4.78 is 22.6. The van der Waals surface area contributed by atoms with Crippen LogP contribution in [0, 0.1) is 0 Å². The zero-order chi connectivity index (χ0) is 29.6. The van der Waals surface area contributed by atoms with Crippen molar-refractivity contribution in [3.63, 3.8) is 0 Å². The van der Waals surface area contributed by atoms with Gasteiger partial charge >= 0.3 is 29.8 Å². The predicted molar refractivity (Wildman–Crippen MR) is 134 cm³/mol. The summed E-state index contributed by atoms with van der Waals surface area (Å²) in [5.74, 6) is -7.04. The fourth-order valence-electron chi connectivity index (χ4n) is 3.46. The first-order valence-electron chi connectivity index (χ1n) is 11.6. The number of carboxylic acids is 4. The quantitative estimate of drug-likeness (QED) is 0.0722. The lowest BCUT2D eigenvalue weighted by Gasteiger charge is -2.28.